The number of aliphatic hydroxyl groups excluding tert-OH is 1. The summed E-state index contributed by atoms with van der Waals surface area (Å²) in [4.78, 5) is 72.5. The molecule has 3 N–H and O–H groups in total. The first-order valence-electron chi connectivity index (χ1n) is 38.6. The Morgan fingerprint density at radius 3 is 0.777 bits per heavy atom. The molecule has 19 heteroatoms. The van der Waals surface area contributed by atoms with Gasteiger partial charge in [-0.1, -0.05) is 322 Å². The summed E-state index contributed by atoms with van der Waals surface area (Å²) in [6.45, 7) is 4.83. The molecule has 0 amide bonds. The number of allylic oxidation sites excluding steroid dienone is 4. The normalized spacial score (nSPS) is 14.1. The topological polar surface area (TPSA) is 237 Å². The molecule has 0 fully saturated rings. The number of esters is 4. The van der Waals surface area contributed by atoms with Crippen LogP contribution in [-0.4, -0.2) is 96.7 Å². The van der Waals surface area contributed by atoms with Crippen LogP contribution in [-0.2, 0) is 65.4 Å². The second kappa shape index (κ2) is 69.0. The highest BCUT2D eigenvalue weighted by atomic mass is 31.2. The van der Waals surface area contributed by atoms with Crippen LogP contribution in [0.25, 0.3) is 0 Å². The van der Waals surface area contributed by atoms with Gasteiger partial charge in [0, 0.05) is 25.7 Å². The van der Waals surface area contributed by atoms with E-state index in [9.17, 15) is 43.2 Å². The average molecular weight is 1380 g/mol. The van der Waals surface area contributed by atoms with Gasteiger partial charge < -0.3 is 33.8 Å². The maximum Gasteiger partial charge on any atom is 0.472 e. The zero-order chi connectivity index (χ0) is 69.0. The predicted octanol–water partition coefficient (Wildman–Crippen LogP) is 21.8. The third-order valence-electron chi connectivity index (χ3n) is 17.0. The van der Waals surface area contributed by atoms with Gasteiger partial charge in [-0.25, -0.2) is 9.13 Å². The zero-order valence-electron chi connectivity index (χ0n) is 60.4. The number of unbranched alkanes of at least 4 members (excludes halogenated alkanes) is 45. The lowest BCUT2D eigenvalue weighted by Gasteiger charge is -2.21. The Kier molecular flexibility index (Phi) is 67.2. The summed E-state index contributed by atoms with van der Waals surface area (Å²) in [5, 5.41) is 10.6. The molecule has 0 aromatic carbocycles. The van der Waals surface area contributed by atoms with Gasteiger partial charge in [-0.15, -0.1) is 0 Å². The largest absolute Gasteiger partial charge is 0.472 e. The number of phosphoric acid groups is 2. The van der Waals surface area contributed by atoms with Gasteiger partial charge in [0.1, 0.15) is 19.3 Å². The fourth-order valence-electron chi connectivity index (χ4n) is 11.0. The molecule has 0 aromatic heterocycles. The molecule has 0 saturated heterocycles. The van der Waals surface area contributed by atoms with Crippen LogP contribution >= 0.6 is 15.6 Å². The van der Waals surface area contributed by atoms with Crippen molar-refractivity contribution in [3.8, 4) is 0 Å². The second-order valence-electron chi connectivity index (χ2n) is 26.4. The summed E-state index contributed by atoms with van der Waals surface area (Å²) in [6.07, 6.45) is 62.2. The van der Waals surface area contributed by atoms with E-state index in [-0.39, 0.29) is 25.7 Å². The zero-order valence-corrected chi connectivity index (χ0v) is 62.2. The van der Waals surface area contributed by atoms with Gasteiger partial charge in [-0.05, 0) is 51.4 Å². The van der Waals surface area contributed by atoms with E-state index in [1.165, 1.54) is 180 Å². The van der Waals surface area contributed by atoms with Gasteiger partial charge in [0.15, 0.2) is 12.2 Å². The van der Waals surface area contributed by atoms with Gasteiger partial charge >= 0.3 is 39.5 Å². The Labute approximate surface area is 573 Å². The summed E-state index contributed by atoms with van der Waals surface area (Å²) in [7, 11) is -9.91. The minimum absolute atomic E-state index is 0.102. The van der Waals surface area contributed by atoms with Crippen LogP contribution < -0.4 is 0 Å². The smallest absolute Gasteiger partial charge is 0.462 e. The minimum Gasteiger partial charge on any atom is -0.462 e. The molecule has 17 nitrogen and oxygen atoms in total. The van der Waals surface area contributed by atoms with Crippen LogP contribution in [0.2, 0.25) is 0 Å². The Hall–Kier alpha value is -2.46. The lowest BCUT2D eigenvalue weighted by Crippen LogP contribution is -2.30. The molecule has 2 unspecified atom stereocenters. The van der Waals surface area contributed by atoms with Crippen LogP contribution in [0.5, 0.6) is 0 Å². The molecule has 5 atom stereocenters. The minimum atomic E-state index is -4.96. The van der Waals surface area contributed by atoms with E-state index in [2.05, 4.69) is 52.0 Å². The lowest BCUT2D eigenvalue weighted by atomic mass is 10.0. The van der Waals surface area contributed by atoms with Crippen molar-refractivity contribution in [3.05, 3.63) is 24.3 Å². The Morgan fingerprint density at radius 2 is 0.511 bits per heavy atom. The number of carbonyl (C=O) groups excluding carboxylic acids is 4. The van der Waals surface area contributed by atoms with E-state index in [0.29, 0.717) is 25.7 Å². The van der Waals surface area contributed by atoms with Crippen molar-refractivity contribution in [3.63, 3.8) is 0 Å². The van der Waals surface area contributed by atoms with Crippen LogP contribution in [0.1, 0.15) is 374 Å². The summed E-state index contributed by atoms with van der Waals surface area (Å²) in [5.41, 5.74) is 0. The van der Waals surface area contributed by atoms with E-state index in [1.54, 1.807) is 0 Å². The third kappa shape index (κ3) is 68.1. The standard InChI is InChI=1S/C75H142O17P2/c1-5-9-13-17-20-23-26-29-32-33-34-35-38-41-44-47-50-54-58-62-75(80)92-71(66-86-73(78)60-56-52-48-45-42-39-36-30-27-24-21-18-14-10-6-2)68-90-94(83,84)88-64-69(76)63-87-93(81,82)89-67-70(65-85-72(77)59-55-51-16-12-8-4)91-74(79)61-57-53-49-46-43-40-37-31-28-25-22-19-15-11-7-3/h24,27,30,36,69-71,76H,5-23,25-26,28-29,31-35,37-68H2,1-4H3,(H,81,82)(H,83,84)/b27-24-,36-30-/t69-,70+,71+/m0/s1. The number of rotatable bonds is 74. The number of carbonyl (C=O) groups is 4. The molecule has 0 heterocycles. The van der Waals surface area contributed by atoms with Crippen molar-refractivity contribution >= 4 is 39.5 Å². The first-order valence-corrected chi connectivity index (χ1v) is 41.6. The van der Waals surface area contributed by atoms with Gasteiger partial charge in [0.2, 0.25) is 0 Å². The highest BCUT2D eigenvalue weighted by Gasteiger charge is 2.30. The quantitative estimate of drug-likeness (QED) is 0.0169. The van der Waals surface area contributed by atoms with Crippen LogP contribution in [0.3, 0.4) is 0 Å². The van der Waals surface area contributed by atoms with E-state index < -0.39 is 97.5 Å². The summed E-state index contributed by atoms with van der Waals surface area (Å²) in [5.74, 6) is -2.16. The number of hydrogen-bond donors (Lipinski definition) is 3. The lowest BCUT2D eigenvalue weighted by molar-refractivity contribution is -0.161. The molecule has 0 aromatic rings. The number of phosphoric ester groups is 2. The Morgan fingerprint density at radius 1 is 0.298 bits per heavy atom. The van der Waals surface area contributed by atoms with E-state index >= 15 is 0 Å². The third-order valence-corrected chi connectivity index (χ3v) is 18.9. The molecule has 0 spiro atoms. The van der Waals surface area contributed by atoms with Crippen molar-refractivity contribution in [2.75, 3.05) is 39.6 Å². The summed E-state index contributed by atoms with van der Waals surface area (Å²) < 4.78 is 68.2. The highest BCUT2D eigenvalue weighted by molar-refractivity contribution is 7.47. The molecule has 0 aliphatic heterocycles. The van der Waals surface area contributed by atoms with E-state index in [1.807, 2.05) is 0 Å². The summed E-state index contributed by atoms with van der Waals surface area (Å²) >= 11 is 0. The van der Waals surface area contributed by atoms with Crippen LogP contribution in [0, 0.1) is 0 Å². The van der Waals surface area contributed by atoms with E-state index in [4.69, 9.17) is 37.0 Å². The number of ether oxygens (including phenoxy) is 4. The average Bonchev–Trinajstić information content (AvgIpc) is 1.30. The molecular formula is C75H142O17P2. The maximum atomic E-state index is 13.1. The molecule has 0 aliphatic carbocycles. The maximum absolute atomic E-state index is 13.1. The Bertz CT molecular complexity index is 1880. The van der Waals surface area contributed by atoms with Gasteiger partial charge in [-0.3, -0.25) is 37.3 Å². The second-order valence-corrected chi connectivity index (χ2v) is 29.3. The van der Waals surface area contributed by atoms with E-state index in [0.717, 1.165) is 116 Å². The summed E-state index contributed by atoms with van der Waals surface area (Å²) in [6, 6.07) is 0. The molecule has 0 bridgehead atoms. The molecule has 0 radical (unpaired) electrons. The highest BCUT2D eigenvalue weighted by Crippen LogP contribution is 2.45. The fraction of sp³-hybridized carbons (Fsp3) is 0.893. The number of aliphatic hydroxyl groups is 1. The predicted molar refractivity (Wildman–Crippen MR) is 381 cm³/mol. The molecule has 554 valence electrons. The first-order chi connectivity index (χ1) is 45.7. The van der Waals surface area contributed by atoms with Crippen molar-refractivity contribution in [1.29, 1.82) is 0 Å². The van der Waals surface area contributed by atoms with Gasteiger partial charge in [-0.2, -0.15) is 0 Å². The monoisotopic (exact) mass is 1380 g/mol. The van der Waals surface area contributed by atoms with Gasteiger partial charge in [0.05, 0.1) is 26.4 Å². The van der Waals surface area contributed by atoms with Crippen molar-refractivity contribution < 1.29 is 80.2 Å². The van der Waals surface area contributed by atoms with Gasteiger partial charge in [0.25, 0.3) is 0 Å². The van der Waals surface area contributed by atoms with Crippen molar-refractivity contribution in [2.24, 2.45) is 0 Å². The molecule has 0 rings (SSSR count). The molecular weight excluding hydrogens is 1230 g/mol. The first kappa shape index (κ1) is 91.5. The van der Waals surface area contributed by atoms with Crippen molar-refractivity contribution in [1.82, 2.24) is 0 Å². The fourth-order valence-corrected chi connectivity index (χ4v) is 12.6. The van der Waals surface area contributed by atoms with Crippen LogP contribution in [0.4, 0.5) is 0 Å². The number of hydrogen-bond acceptors (Lipinski definition) is 15. The van der Waals surface area contributed by atoms with Crippen molar-refractivity contribution in [2.45, 2.75) is 393 Å². The Balaban J connectivity index is 5.16. The molecule has 0 aliphatic rings. The molecule has 94 heavy (non-hydrogen) atoms. The van der Waals surface area contributed by atoms with Crippen LogP contribution in [0.15, 0.2) is 24.3 Å². The SMILES string of the molecule is CCCCCC/C=C\C=C/CCCCCCCC(=O)OC[C@H](COP(=O)(O)OC[C@@H](O)COP(=O)(O)OC[C@@H](COC(=O)CCCCCCC)OC(=O)CCCCCCCCCCCCCCCCC)OC(=O)CCCCCCCCCCCCCCCCCCCCC. The molecule has 0 saturated carbocycles.